The Morgan fingerprint density at radius 1 is 0.839 bits per heavy atom. The van der Waals surface area contributed by atoms with Crippen LogP contribution >= 0.6 is 0 Å². The van der Waals surface area contributed by atoms with E-state index in [4.69, 9.17) is 4.74 Å². The molecule has 5 saturated carbocycles. The van der Waals surface area contributed by atoms with E-state index in [1.807, 2.05) is 0 Å². The summed E-state index contributed by atoms with van der Waals surface area (Å²) < 4.78 is 14.8. The normalized spacial score (nSPS) is 45.2. The van der Waals surface area contributed by atoms with Crippen LogP contribution in [0.25, 0.3) is 0 Å². The van der Waals surface area contributed by atoms with Gasteiger partial charge in [-0.25, -0.2) is 0 Å². The summed E-state index contributed by atoms with van der Waals surface area (Å²) in [5, 5.41) is 0. The number of ether oxygens (including phenoxy) is 3. The third kappa shape index (κ3) is 5.04. The first-order chi connectivity index (χ1) is 15.2. The van der Waals surface area contributed by atoms with E-state index in [0.717, 1.165) is 59.6 Å². The lowest BCUT2D eigenvalue weighted by molar-refractivity contribution is 0.147. The minimum atomic E-state index is 0.653. The van der Waals surface area contributed by atoms with Gasteiger partial charge in [-0.15, -0.1) is 13.2 Å². The van der Waals surface area contributed by atoms with Crippen molar-refractivity contribution in [1.82, 2.24) is 0 Å². The maximum atomic E-state index is 5.62. The molecule has 4 bridgehead atoms. The van der Waals surface area contributed by atoms with Crippen LogP contribution in [0.3, 0.4) is 0 Å². The van der Waals surface area contributed by atoms with Gasteiger partial charge >= 0.3 is 0 Å². The molecule has 0 radical (unpaired) electrons. The average Bonchev–Trinajstić information content (AvgIpc) is 3.45. The molecular formula is C28H44O3. The van der Waals surface area contributed by atoms with Gasteiger partial charge in [0, 0.05) is 14.2 Å². The van der Waals surface area contributed by atoms with E-state index in [2.05, 4.69) is 34.8 Å². The fourth-order valence-electron chi connectivity index (χ4n) is 8.00. The minimum absolute atomic E-state index is 0.653. The Kier molecular flexibility index (Phi) is 8.11. The number of rotatable bonds is 4. The van der Waals surface area contributed by atoms with E-state index >= 15 is 0 Å². The monoisotopic (exact) mass is 428 g/mol. The third-order valence-electron chi connectivity index (χ3n) is 9.16. The van der Waals surface area contributed by atoms with Gasteiger partial charge in [-0.1, -0.05) is 24.3 Å². The molecule has 0 spiro atoms. The van der Waals surface area contributed by atoms with Gasteiger partial charge in [-0.05, 0) is 98.7 Å². The van der Waals surface area contributed by atoms with Gasteiger partial charge in [-0.3, -0.25) is 0 Å². The Morgan fingerprint density at radius 2 is 1.45 bits per heavy atom. The first-order valence-electron chi connectivity index (χ1n) is 12.7. The minimum Gasteiger partial charge on any atom is -0.381 e. The lowest BCUT2D eigenvalue weighted by Crippen LogP contribution is -2.22. The van der Waals surface area contributed by atoms with E-state index < -0.39 is 0 Å². The Balaban J connectivity index is 0.000000107. The predicted molar refractivity (Wildman–Crippen MR) is 127 cm³/mol. The Labute approximate surface area is 190 Å². The van der Waals surface area contributed by atoms with Gasteiger partial charge in [0.15, 0.2) is 0 Å². The van der Waals surface area contributed by atoms with Crippen LogP contribution in [-0.4, -0.2) is 39.6 Å². The van der Waals surface area contributed by atoms with Gasteiger partial charge in [-0.2, -0.15) is 0 Å². The smallest absolute Gasteiger partial charge is 0.0875 e. The second-order valence-electron chi connectivity index (χ2n) is 10.7. The molecule has 1 heterocycles. The molecule has 1 aliphatic heterocycles. The number of methoxy groups -OCH3 is 2. The zero-order valence-electron chi connectivity index (χ0n) is 19.8. The van der Waals surface area contributed by atoms with Crippen molar-refractivity contribution >= 4 is 0 Å². The number of hydrogen-bond acceptors (Lipinski definition) is 3. The fraction of sp³-hybridized carbons (Fsp3) is 0.786. The molecule has 0 aromatic carbocycles. The maximum Gasteiger partial charge on any atom is 0.0875 e. The Morgan fingerprint density at radius 3 is 2.03 bits per heavy atom. The highest BCUT2D eigenvalue weighted by atomic mass is 16.6. The molecule has 6 fully saturated rings. The molecule has 10 unspecified atom stereocenters. The van der Waals surface area contributed by atoms with Crippen molar-refractivity contribution in [3.63, 3.8) is 0 Å². The molecule has 174 valence electrons. The highest BCUT2D eigenvalue weighted by Gasteiger charge is 2.64. The van der Waals surface area contributed by atoms with Crippen molar-refractivity contribution in [2.45, 2.75) is 63.6 Å². The number of hydrogen-bond donors (Lipinski definition) is 0. The molecule has 10 atom stereocenters. The summed E-state index contributed by atoms with van der Waals surface area (Å²) in [6.07, 6.45) is 21.9. The van der Waals surface area contributed by atoms with Crippen molar-refractivity contribution in [1.29, 1.82) is 0 Å². The molecule has 31 heavy (non-hydrogen) atoms. The lowest BCUT2D eigenvalue weighted by atomic mass is 9.81. The van der Waals surface area contributed by atoms with Gasteiger partial charge in [0.25, 0.3) is 0 Å². The fourth-order valence-corrected chi connectivity index (χ4v) is 8.00. The molecule has 0 amide bonds. The molecular weight excluding hydrogens is 384 g/mol. The standard InChI is InChI=1S/C10H14O.C10H14.2C4H8O/c1-2-6-3-5(1)7-4-8-10(11-8)9(6)7;1-2-9-7-4-5-8(6-7)10(9)3-1;2*1-3-4-5-2/h5-10H,1-4H2;1-2,7-10H,3-6H2;2*3H,1,4H2,2H3. The summed E-state index contributed by atoms with van der Waals surface area (Å²) in [5.41, 5.74) is 0. The van der Waals surface area contributed by atoms with Crippen LogP contribution in [0.1, 0.15) is 51.4 Å². The van der Waals surface area contributed by atoms with Crippen LogP contribution in [0.15, 0.2) is 37.5 Å². The van der Waals surface area contributed by atoms with Crippen LogP contribution in [-0.2, 0) is 14.2 Å². The van der Waals surface area contributed by atoms with Crippen LogP contribution in [0.4, 0.5) is 0 Å². The first-order valence-corrected chi connectivity index (χ1v) is 12.7. The SMILES string of the molecule is C1=CC2C3CCC(C3)C2C1.C1CC2CC1C1CC3OC3C21.C=CCOC.C=CCOC. The lowest BCUT2D eigenvalue weighted by Gasteiger charge is -2.25. The molecule has 3 nitrogen and oxygen atoms in total. The van der Waals surface area contributed by atoms with Crippen molar-refractivity contribution < 1.29 is 14.2 Å². The summed E-state index contributed by atoms with van der Waals surface area (Å²) >= 11 is 0. The largest absolute Gasteiger partial charge is 0.381 e. The number of fused-ring (bicyclic) bond motifs is 12. The number of allylic oxidation sites excluding steroid dienone is 2. The van der Waals surface area contributed by atoms with Crippen LogP contribution in [0.2, 0.25) is 0 Å². The summed E-state index contributed by atoms with van der Waals surface area (Å²) in [6, 6.07) is 0. The highest BCUT2D eigenvalue weighted by Crippen LogP contribution is 2.64. The summed E-state index contributed by atoms with van der Waals surface area (Å²) in [4.78, 5) is 0. The zero-order chi connectivity index (χ0) is 21.8. The van der Waals surface area contributed by atoms with E-state index in [9.17, 15) is 0 Å². The Hall–Kier alpha value is -0.900. The van der Waals surface area contributed by atoms with Gasteiger partial charge in [0.1, 0.15) is 0 Å². The van der Waals surface area contributed by atoms with Crippen molar-refractivity contribution in [3.8, 4) is 0 Å². The van der Waals surface area contributed by atoms with Crippen molar-refractivity contribution in [2.24, 2.45) is 47.3 Å². The third-order valence-corrected chi connectivity index (χ3v) is 9.16. The average molecular weight is 429 g/mol. The molecule has 7 aliphatic rings. The molecule has 0 aromatic heterocycles. The molecule has 7 rings (SSSR count). The molecule has 1 saturated heterocycles. The Bertz CT molecular complexity index is 618. The summed E-state index contributed by atoms with van der Waals surface area (Å²) in [6.45, 7) is 8.16. The maximum absolute atomic E-state index is 5.62. The van der Waals surface area contributed by atoms with E-state index in [0.29, 0.717) is 13.2 Å². The van der Waals surface area contributed by atoms with Crippen LogP contribution < -0.4 is 0 Å². The van der Waals surface area contributed by atoms with E-state index in [1.54, 1.807) is 52.1 Å². The van der Waals surface area contributed by atoms with E-state index in [-0.39, 0.29) is 0 Å². The summed E-state index contributed by atoms with van der Waals surface area (Å²) in [5.74, 6) is 8.70. The van der Waals surface area contributed by atoms with Crippen LogP contribution in [0, 0.1) is 47.3 Å². The van der Waals surface area contributed by atoms with Gasteiger partial charge in [0.2, 0.25) is 0 Å². The zero-order valence-corrected chi connectivity index (χ0v) is 19.8. The molecule has 3 heteroatoms. The topological polar surface area (TPSA) is 31.0 Å². The number of epoxide rings is 1. The molecule has 6 aliphatic carbocycles. The van der Waals surface area contributed by atoms with Crippen molar-refractivity contribution in [2.75, 3.05) is 27.4 Å². The highest BCUT2D eigenvalue weighted by molar-refractivity contribution is 5.12. The first kappa shape index (κ1) is 23.3. The second kappa shape index (κ2) is 10.8. The predicted octanol–water partition coefficient (Wildman–Crippen LogP) is 6.07. The second-order valence-corrected chi connectivity index (χ2v) is 10.7. The van der Waals surface area contributed by atoms with Gasteiger partial charge < -0.3 is 14.2 Å². The van der Waals surface area contributed by atoms with Gasteiger partial charge in [0.05, 0.1) is 25.4 Å². The van der Waals surface area contributed by atoms with Crippen LogP contribution in [0.5, 0.6) is 0 Å². The summed E-state index contributed by atoms with van der Waals surface area (Å²) in [7, 11) is 3.28. The van der Waals surface area contributed by atoms with E-state index in [1.165, 1.54) is 25.7 Å². The van der Waals surface area contributed by atoms with Crippen molar-refractivity contribution in [3.05, 3.63) is 37.5 Å². The molecule has 0 N–H and O–H groups in total. The molecule has 0 aromatic rings. The quantitative estimate of drug-likeness (QED) is 0.402.